The quantitative estimate of drug-likeness (QED) is 0.0959. The summed E-state index contributed by atoms with van der Waals surface area (Å²) >= 11 is 1.88. The Morgan fingerprint density at radius 1 is 1.07 bits per heavy atom. The number of non-ortho nitro benzene ring substituents is 1. The first-order valence-corrected chi connectivity index (χ1v) is 11.4. The number of ether oxygens (including phenoxy) is 2. The van der Waals surface area contributed by atoms with E-state index >= 15 is 0 Å². The second kappa shape index (κ2) is 15.4. The molecule has 0 fully saturated rings. The molecule has 0 saturated carbocycles. The zero-order valence-electron chi connectivity index (χ0n) is 17.2. The lowest BCUT2D eigenvalue weighted by atomic mass is 10.1. The van der Waals surface area contributed by atoms with Crippen LogP contribution in [0.5, 0.6) is 5.75 Å². The van der Waals surface area contributed by atoms with Gasteiger partial charge in [-0.25, -0.2) is 0 Å². The Hall–Kier alpha value is -1.42. The molecule has 1 aromatic rings. The average Bonchev–Trinajstić information content (AvgIpc) is 2.68. The van der Waals surface area contributed by atoms with Crippen LogP contribution in [0.25, 0.3) is 0 Å². The van der Waals surface area contributed by atoms with Crippen molar-refractivity contribution in [2.45, 2.75) is 77.7 Å². The fourth-order valence-electron chi connectivity index (χ4n) is 2.98. The number of nitrogens with zero attached hydrogens (tertiary/aromatic N) is 1. The smallest absolute Gasteiger partial charge is 0.305 e. The number of nitro groups is 1. The predicted molar refractivity (Wildman–Crippen MR) is 120 cm³/mol. The van der Waals surface area contributed by atoms with Gasteiger partial charge in [0, 0.05) is 30.7 Å². The molecule has 0 aliphatic carbocycles. The van der Waals surface area contributed by atoms with Gasteiger partial charge in [-0.3, -0.25) is 14.9 Å². The van der Waals surface area contributed by atoms with Gasteiger partial charge in [0.25, 0.3) is 5.69 Å². The summed E-state index contributed by atoms with van der Waals surface area (Å²) in [4.78, 5) is 21.6. The minimum Gasteiger partial charge on any atom is -0.506 e. The van der Waals surface area contributed by atoms with Crippen molar-refractivity contribution in [1.82, 2.24) is 0 Å². The first-order chi connectivity index (χ1) is 14.0. The molecule has 0 aliphatic rings. The van der Waals surface area contributed by atoms with Gasteiger partial charge in [0.05, 0.1) is 21.7 Å². The predicted octanol–water partition coefficient (Wildman–Crippen LogP) is 5.89. The highest BCUT2D eigenvalue weighted by atomic mass is 127. The van der Waals surface area contributed by atoms with Crippen LogP contribution >= 0.6 is 22.6 Å². The number of nitro benzene ring substituents is 1. The summed E-state index contributed by atoms with van der Waals surface area (Å²) in [7, 11) is 0. The summed E-state index contributed by atoms with van der Waals surface area (Å²) in [5.41, 5.74) is 0.415. The van der Waals surface area contributed by atoms with Gasteiger partial charge in [-0.2, -0.15) is 0 Å². The number of phenols is 1. The molecule has 0 bridgehead atoms. The highest BCUT2D eigenvalue weighted by Crippen LogP contribution is 2.30. The van der Waals surface area contributed by atoms with Gasteiger partial charge in [0.2, 0.25) is 0 Å². The number of phenolic OH excluding ortho intramolecular Hbond substituents is 1. The van der Waals surface area contributed by atoms with Crippen molar-refractivity contribution in [2.75, 3.05) is 13.2 Å². The zero-order valence-corrected chi connectivity index (χ0v) is 19.3. The summed E-state index contributed by atoms with van der Waals surface area (Å²) in [5, 5.41) is 20.9. The molecule has 0 radical (unpaired) electrons. The van der Waals surface area contributed by atoms with Crippen LogP contribution in [-0.4, -0.2) is 29.2 Å². The van der Waals surface area contributed by atoms with Crippen LogP contribution in [-0.2, 0) is 20.9 Å². The first kappa shape index (κ1) is 25.6. The van der Waals surface area contributed by atoms with Gasteiger partial charge < -0.3 is 14.6 Å². The van der Waals surface area contributed by atoms with Gasteiger partial charge in [0.15, 0.2) is 0 Å². The number of esters is 1. The number of hydrogen-bond donors (Lipinski definition) is 1. The maximum absolute atomic E-state index is 11.2. The van der Waals surface area contributed by atoms with Crippen molar-refractivity contribution in [1.29, 1.82) is 0 Å². The Morgan fingerprint density at radius 3 is 2.24 bits per heavy atom. The number of hydrogen-bond acceptors (Lipinski definition) is 6. The molecule has 164 valence electrons. The molecule has 7 nitrogen and oxygen atoms in total. The van der Waals surface area contributed by atoms with E-state index in [0.29, 0.717) is 28.8 Å². The SMILES string of the molecule is CCOC(=O)CCCCCCCCCCCOCc1cc([N+](=O)[O-])cc(I)c1O. The summed E-state index contributed by atoms with van der Waals surface area (Å²) in [6.45, 7) is 3.04. The van der Waals surface area contributed by atoms with Crippen LogP contribution < -0.4 is 0 Å². The molecule has 0 atom stereocenters. The molecule has 29 heavy (non-hydrogen) atoms. The molecule has 0 unspecified atom stereocenters. The van der Waals surface area contributed by atoms with Crippen LogP contribution in [0.3, 0.4) is 0 Å². The molecule has 0 aliphatic heterocycles. The maximum Gasteiger partial charge on any atom is 0.305 e. The average molecular weight is 521 g/mol. The third-order valence-corrected chi connectivity index (χ3v) is 5.39. The Balaban J connectivity index is 2.00. The van der Waals surface area contributed by atoms with Gasteiger partial charge in [-0.05, 0) is 42.4 Å². The van der Waals surface area contributed by atoms with E-state index in [9.17, 15) is 20.0 Å². The maximum atomic E-state index is 11.2. The zero-order chi connectivity index (χ0) is 21.5. The largest absolute Gasteiger partial charge is 0.506 e. The van der Waals surface area contributed by atoms with Crippen LogP contribution in [0.2, 0.25) is 0 Å². The molecule has 1 aromatic carbocycles. The molecule has 0 saturated heterocycles. The molecule has 0 amide bonds. The number of aromatic hydroxyl groups is 1. The summed E-state index contributed by atoms with van der Waals surface area (Å²) in [5.74, 6) is -0.0383. The van der Waals surface area contributed by atoms with Crippen molar-refractivity contribution in [2.24, 2.45) is 0 Å². The molecule has 8 heteroatoms. The Labute approximate surface area is 186 Å². The molecular weight excluding hydrogens is 489 g/mol. The van der Waals surface area contributed by atoms with Crippen LogP contribution in [0.1, 0.15) is 76.7 Å². The van der Waals surface area contributed by atoms with Gasteiger partial charge in [-0.15, -0.1) is 0 Å². The number of unbranched alkanes of at least 4 members (excludes halogenated alkanes) is 8. The lowest BCUT2D eigenvalue weighted by Crippen LogP contribution is -2.03. The topological polar surface area (TPSA) is 98.9 Å². The third kappa shape index (κ3) is 11.4. The number of benzene rings is 1. The molecule has 0 aromatic heterocycles. The molecule has 1 N–H and O–H groups in total. The lowest BCUT2D eigenvalue weighted by molar-refractivity contribution is -0.385. The molecule has 0 heterocycles. The van der Waals surface area contributed by atoms with Crippen LogP contribution in [0, 0.1) is 13.7 Å². The number of carbonyl (C=O) groups excluding carboxylic acids is 1. The summed E-state index contributed by atoms with van der Waals surface area (Å²) in [6.07, 6.45) is 10.5. The van der Waals surface area contributed by atoms with E-state index < -0.39 is 4.92 Å². The minimum absolute atomic E-state index is 0.0355. The second-order valence-electron chi connectivity index (χ2n) is 6.98. The first-order valence-electron chi connectivity index (χ1n) is 10.3. The van der Waals surface area contributed by atoms with E-state index in [1.54, 1.807) is 0 Å². The van der Waals surface area contributed by atoms with Crippen LogP contribution in [0.4, 0.5) is 5.69 Å². The van der Waals surface area contributed by atoms with E-state index in [4.69, 9.17) is 9.47 Å². The standard InChI is InChI=1S/C21H32INO6/c1-2-29-20(24)12-10-8-6-4-3-5-7-9-11-13-28-16-17-14-18(23(26)27)15-19(22)21(17)25/h14-15,25H,2-13,16H2,1H3. The fourth-order valence-corrected chi connectivity index (χ4v) is 3.65. The van der Waals surface area contributed by atoms with Crippen molar-refractivity contribution in [3.63, 3.8) is 0 Å². The number of rotatable bonds is 16. The Bertz CT molecular complexity index is 638. The third-order valence-electron chi connectivity index (χ3n) is 4.57. The van der Waals surface area contributed by atoms with E-state index in [-0.39, 0.29) is 24.0 Å². The van der Waals surface area contributed by atoms with Gasteiger partial charge in [-0.1, -0.05) is 44.9 Å². The van der Waals surface area contributed by atoms with E-state index in [2.05, 4.69) is 0 Å². The van der Waals surface area contributed by atoms with E-state index in [0.717, 1.165) is 38.5 Å². The number of carbonyl (C=O) groups is 1. The van der Waals surface area contributed by atoms with Crippen molar-refractivity contribution in [3.8, 4) is 5.75 Å². The Kier molecular flexibility index (Phi) is 13.6. The van der Waals surface area contributed by atoms with Crippen molar-refractivity contribution >= 4 is 34.2 Å². The normalized spacial score (nSPS) is 10.8. The summed E-state index contributed by atoms with van der Waals surface area (Å²) in [6, 6.07) is 2.71. The highest BCUT2D eigenvalue weighted by Gasteiger charge is 2.14. The van der Waals surface area contributed by atoms with Gasteiger partial charge >= 0.3 is 5.97 Å². The van der Waals surface area contributed by atoms with Crippen molar-refractivity contribution in [3.05, 3.63) is 31.4 Å². The van der Waals surface area contributed by atoms with Gasteiger partial charge in [0.1, 0.15) is 5.75 Å². The molecule has 1 rings (SSSR count). The Morgan fingerprint density at radius 2 is 1.66 bits per heavy atom. The lowest BCUT2D eigenvalue weighted by Gasteiger charge is -2.08. The second-order valence-corrected chi connectivity index (χ2v) is 8.14. The minimum atomic E-state index is -0.467. The molecule has 0 spiro atoms. The highest BCUT2D eigenvalue weighted by molar-refractivity contribution is 14.1. The fraction of sp³-hybridized carbons (Fsp3) is 0.667. The number of halogens is 1. The van der Waals surface area contributed by atoms with Crippen LogP contribution in [0.15, 0.2) is 12.1 Å². The van der Waals surface area contributed by atoms with Crippen molar-refractivity contribution < 1.29 is 24.3 Å². The monoisotopic (exact) mass is 521 g/mol. The van der Waals surface area contributed by atoms with E-state index in [1.165, 1.54) is 31.4 Å². The summed E-state index contributed by atoms with van der Waals surface area (Å²) < 4.78 is 10.9. The molecular formula is C21H32INO6. The van der Waals surface area contributed by atoms with E-state index in [1.807, 2.05) is 29.5 Å².